The summed E-state index contributed by atoms with van der Waals surface area (Å²) in [6, 6.07) is 28.5. The summed E-state index contributed by atoms with van der Waals surface area (Å²) < 4.78 is 5.78. The molecule has 5 aromatic rings. The van der Waals surface area contributed by atoms with Crippen molar-refractivity contribution in [2.24, 2.45) is 0 Å². The number of para-hydroxylation sites is 1. The summed E-state index contributed by atoms with van der Waals surface area (Å²) in [6.07, 6.45) is 2.06. The molecule has 31 heavy (non-hydrogen) atoms. The lowest BCUT2D eigenvalue weighted by molar-refractivity contribution is 0.547. The van der Waals surface area contributed by atoms with Crippen LogP contribution in [0.5, 0.6) is 0 Å². The summed E-state index contributed by atoms with van der Waals surface area (Å²) in [5, 5.41) is 6.87. The van der Waals surface area contributed by atoms with E-state index in [-0.39, 0.29) is 11.7 Å². The lowest BCUT2D eigenvalue weighted by Gasteiger charge is -2.30. The van der Waals surface area contributed by atoms with E-state index in [4.69, 9.17) is 4.42 Å². The van der Waals surface area contributed by atoms with Gasteiger partial charge in [-0.1, -0.05) is 60.7 Å². The number of thioether (sulfide) groups is 1. The average molecular weight is 422 g/mol. The van der Waals surface area contributed by atoms with Crippen molar-refractivity contribution < 1.29 is 4.42 Å². The topological polar surface area (TPSA) is 42.2 Å². The molecule has 1 aliphatic heterocycles. The van der Waals surface area contributed by atoms with Crippen molar-refractivity contribution in [2.75, 3.05) is 11.6 Å². The van der Waals surface area contributed by atoms with Gasteiger partial charge in [0.1, 0.15) is 5.58 Å². The van der Waals surface area contributed by atoms with Gasteiger partial charge in [-0.25, -0.2) is 4.79 Å². The van der Waals surface area contributed by atoms with Gasteiger partial charge in [-0.3, -0.25) is 0 Å². The third-order valence-corrected chi connectivity index (χ3v) is 6.81. The summed E-state index contributed by atoms with van der Waals surface area (Å²) in [5.74, 6) is 0. The summed E-state index contributed by atoms with van der Waals surface area (Å²) in [5.41, 5.74) is 5.09. The van der Waals surface area contributed by atoms with Crippen molar-refractivity contribution >= 4 is 39.2 Å². The van der Waals surface area contributed by atoms with Crippen LogP contribution in [0.1, 0.15) is 17.2 Å². The highest BCUT2D eigenvalue weighted by atomic mass is 32.2. The minimum Gasteiger partial charge on any atom is -0.422 e. The highest BCUT2D eigenvalue weighted by Gasteiger charge is 2.32. The van der Waals surface area contributed by atoms with Crippen LogP contribution in [0.4, 0.5) is 5.69 Å². The quantitative estimate of drug-likeness (QED) is 0.250. The molecule has 0 spiro atoms. The number of fused-ring (bicyclic) bond motifs is 7. The van der Waals surface area contributed by atoms with Crippen LogP contribution < -0.4 is 10.9 Å². The molecule has 6 rings (SSSR count). The van der Waals surface area contributed by atoms with Crippen molar-refractivity contribution in [2.45, 2.75) is 10.9 Å². The Hall–Kier alpha value is -3.50. The highest BCUT2D eigenvalue weighted by molar-refractivity contribution is 7.98. The molecule has 0 unspecified atom stereocenters. The molecule has 0 saturated carbocycles. The van der Waals surface area contributed by atoms with Gasteiger partial charge in [0.2, 0.25) is 0 Å². The second-order valence-electron chi connectivity index (χ2n) is 7.73. The molecule has 0 aliphatic carbocycles. The van der Waals surface area contributed by atoms with E-state index in [0.717, 1.165) is 38.5 Å². The Morgan fingerprint density at radius 2 is 1.55 bits per heavy atom. The van der Waals surface area contributed by atoms with E-state index in [1.807, 2.05) is 36.4 Å². The third kappa shape index (κ3) is 2.79. The standard InChI is InChI=1S/C27H19NO2S/c1-31-18-13-10-17(11-14-18)26-25-24(20-8-4-5-9-22(20)30-27(25)29)23-19-7-3-2-6-16(19)12-15-21(23)28-26/h2-15,26,28H,1H3/t26-/m0/s1. The predicted molar refractivity (Wildman–Crippen MR) is 129 cm³/mol. The summed E-state index contributed by atoms with van der Waals surface area (Å²) >= 11 is 1.70. The smallest absolute Gasteiger partial charge is 0.342 e. The molecule has 0 radical (unpaired) electrons. The number of hydrogen-bond acceptors (Lipinski definition) is 4. The number of rotatable bonds is 2. The largest absolute Gasteiger partial charge is 0.422 e. The number of benzene rings is 4. The van der Waals surface area contributed by atoms with Gasteiger partial charge in [-0.05, 0) is 46.9 Å². The lowest BCUT2D eigenvalue weighted by atomic mass is 9.83. The van der Waals surface area contributed by atoms with Crippen LogP contribution in [-0.4, -0.2) is 6.26 Å². The van der Waals surface area contributed by atoms with Gasteiger partial charge in [-0.2, -0.15) is 0 Å². The molecular formula is C27H19NO2S. The van der Waals surface area contributed by atoms with E-state index in [1.165, 1.54) is 4.90 Å². The normalized spacial score (nSPS) is 14.8. The predicted octanol–water partition coefficient (Wildman–Crippen LogP) is 6.85. The maximum absolute atomic E-state index is 13.3. The molecular weight excluding hydrogens is 402 g/mol. The van der Waals surface area contributed by atoms with Gasteiger partial charge >= 0.3 is 5.63 Å². The molecule has 3 nitrogen and oxygen atoms in total. The van der Waals surface area contributed by atoms with Crippen LogP contribution in [0, 0.1) is 0 Å². The van der Waals surface area contributed by atoms with Gasteiger partial charge < -0.3 is 9.73 Å². The van der Waals surface area contributed by atoms with E-state index in [1.54, 1.807) is 11.8 Å². The molecule has 0 bridgehead atoms. The number of anilines is 1. The van der Waals surface area contributed by atoms with E-state index in [9.17, 15) is 4.79 Å². The van der Waals surface area contributed by atoms with Gasteiger partial charge in [-0.15, -0.1) is 11.8 Å². The van der Waals surface area contributed by atoms with Crippen molar-refractivity contribution in [1.29, 1.82) is 0 Å². The fourth-order valence-electron chi connectivity index (χ4n) is 4.63. The Morgan fingerprint density at radius 3 is 2.35 bits per heavy atom. The van der Waals surface area contributed by atoms with Crippen LogP contribution >= 0.6 is 11.8 Å². The van der Waals surface area contributed by atoms with Crippen LogP contribution in [0.25, 0.3) is 32.9 Å². The van der Waals surface area contributed by atoms with E-state index < -0.39 is 0 Å². The fraction of sp³-hybridized carbons (Fsp3) is 0.0741. The Balaban J connectivity index is 1.73. The molecule has 1 aromatic heterocycles. The van der Waals surface area contributed by atoms with Crippen LogP contribution in [0.2, 0.25) is 0 Å². The van der Waals surface area contributed by atoms with Crippen molar-refractivity contribution in [3.05, 3.63) is 106 Å². The average Bonchev–Trinajstić information content (AvgIpc) is 2.83. The second-order valence-corrected chi connectivity index (χ2v) is 8.61. The van der Waals surface area contributed by atoms with Crippen LogP contribution in [-0.2, 0) is 0 Å². The molecule has 150 valence electrons. The maximum Gasteiger partial charge on any atom is 0.342 e. The molecule has 2 heterocycles. The lowest BCUT2D eigenvalue weighted by Crippen LogP contribution is -2.25. The molecule has 0 amide bonds. The molecule has 0 fully saturated rings. The van der Waals surface area contributed by atoms with Crippen LogP contribution in [0.3, 0.4) is 0 Å². The van der Waals surface area contributed by atoms with E-state index in [0.29, 0.717) is 11.1 Å². The SMILES string of the molecule is CSc1ccc([C@@H]2Nc3ccc4ccccc4c3-c3c2c(=O)oc2ccccc32)cc1. The van der Waals surface area contributed by atoms with Gasteiger partial charge in [0, 0.05) is 27.1 Å². The van der Waals surface area contributed by atoms with Gasteiger partial charge in [0.05, 0.1) is 11.6 Å². The summed E-state index contributed by atoms with van der Waals surface area (Å²) in [4.78, 5) is 14.5. The molecule has 0 saturated heterocycles. The zero-order valence-corrected chi connectivity index (χ0v) is 17.7. The van der Waals surface area contributed by atoms with Crippen molar-refractivity contribution in [3.8, 4) is 11.1 Å². The first-order valence-electron chi connectivity index (χ1n) is 10.2. The molecule has 4 heteroatoms. The Kier molecular flexibility index (Phi) is 4.15. The van der Waals surface area contributed by atoms with E-state index in [2.05, 4.69) is 60.1 Å². The fourth-order valence-corrected chi connectivity index (χ4v) is 5.04. The summed E-state index contributed by atoms with van der Waals surface area (Å²) in [7, 11) is 0. The minimum absolute atomic E-state index is 0.277. The van der Waals surface area contributed by atoms with Gasteiger partial charge in [0.25, 0.3) is 0 Å². The monoisotopic (exact) mass is 421 g/mol. The first-order chi connectivity index (χ1) is 15.2. The van der Waals surface area contributed by atoms with Crippen molar-refractivity contribution in [3.63, 3.8) is 0 Å². The Bertz CT molecular complexity index is 1520. The summed E-state index contributed by atoms with van der Waals surface area (Å²) in [6.45, 7) is 0. The number of nitrogens with one attached hydrogen (secondary N) is 1. The number of hydrogen-bond donors (Lipinski definition) is 1. The molecule has 1 aliphatic rings. The Labute approximate surface area is 183 Å². The molecule has 4 aromatic carbocycles. The zero-order valence-electron chi connectivity index (χ0n) is 16.9. The molecule has 1 N–H and O–H groups in total. The zero-order chi connectivity index (χ0) is 20.9. The first kappa shape index (κ1) is 18.3. The third-order valence-electron chi connectivity index (χ3n) is 6.06. The Morgan fingerprint density at radius 1 is 0.806 bits per heavy atom. The van der Waals surface area contributed by atoms with Gasteiger partial charge in [0.15, 0.2) is 0 Å². The molecule has 1 atom stereocenters. The highest BCUT2D eigenvalue weighted by Crippen LogP contribution is 2.47. The second kappa shape index (κ2) is 7.03. The van der Waals surface area contributed by atoms with Crippen LogP contribution in [0.15, 0.2) is 99.0 Å². The maximum atomic E-state index is 13.3. The minimum atomic E-state index is -0.293. The van der Waals surface area contributed by atoms with E-state index >= 15 is 0 Å². The first-order valence-corrected chi connectivity index (χ1v) is 11.5. The van der Waals surface area contributed by atoms with Crippen molar-refractivity contribution in [1.82, 2.24) is 0 Å².